The monoisotopic (exact) mass is 150 g/mol. The normalized spacial score (nSPS) is 10.1. The molecule has 0 aromatic carbocycles. The summed E-state index contributed by atoms with van der Waals surface area (Å²) in [5, 5.41) is 0. The Balaban J connectivity index is 3.06. The maximum atomic E-state index is 5.56. The predicted octanol–water partition coefficient (Wildman–Crippen LogP) is 1.41. The van der Waals surface area contributed by atoms with Gasteiger partial charge in [0.25, 0.3) is 0 Å². The van der Waals surface area contributed by atoms with E-state index in [1.165, 1.54) is 11.1 Å². The fourth-order valence-electron chi connectivity index (χ4n) is 1.15. The Hall–Kier alpha value is -0.890. The molecule has 0 amide bonds. The number of hydrogen-bond donors (Lipinski definition) is 1. The number of nitrogens with zero attached hydrogens (tertiary/aromatic N) is 1. The molecule has 0 saturated carbocycles. The van der Waals surface area contributed by atoms with Gasteiger partial charge in [0, 0.05) is 18.4 Å². The molecule has 0 atom stereocenters. The standard InChI is InChI=1S/C9H14N2/c1-3-9-8(5-10)4-7(2)6-11-9/h4,6H,3,5,10H2,1-2H3. The van der Waals surface area contributed by atoms with Gasteiger partial charge in [-0.05, 0) is 24.5 Å². The zero-order chi connectivity index (χ0) is 8.27. The van der Waals surface area contributed by atoms with E-state index in [4.69, 9.17) is 5.73 Å². The number of hydrogen-bond acceptors (Lipinski definition) is 2. The minimum absolute atomic E-state index is 0.595. The molecule has 0 fully saturated rings. The first kappa shape index (κ1) is 8.21. The molecule has 0 aliphatic carbocycles. The van der Waals surface area contributed by atoms with Gasteiger partial charge in [-0.3, -0.25) is 4.98 Å². The van der Waals surface area contributed by atoms with Gasteiger partial charge in [0.15, 0.2) is 0 Å². The molecular formula is C9H14N2. The lowest BCUT2D eigenvalue weighted by Crippen LogP contribution is -2.03. The van der Waals surface area contributed by atoms with Crippen molar-refractivity contribution in [1.29, 1.82) is 0 Å². The van der Waals surface area contributed by atoms with Crippen molar-refractivity contribution in [2.75, 3.05) is 0 Å². The van der Waals surface area contributed by atoms with Crippen LogP contribution in [0.3, 0.4) is 0 Å². The Labute approximate surface area is 67.5 Å². The van der Waals surface area contributed by atoms with Crippen LogP contribution < -0.4 is 5.73 Å². The Kier molecular flexibility index (Phi) is 2.60. The van der Waals surface area contributed by atoms with Gasteiger partial charge in [-0.15, -0.1) is 0 Å². The summed E-state index contributed by atoms with van der Waals surface area (Å²) in [5.41, 5.74) is 9.03. The van der Waals surface area contributed by atoms with Crippen molar-refractivity contribution in [3.63, 3.8) is 0 Å². The van der Waals surface area contributed by atoms with Crippen LogP contribution in [-0.4, -0.2) is 4.98 Å². The summed E-state index contributed by atoms with van der Waals surface area (Å²) >= 11 is 0. The summed E-state index contributed by atoms with van der Waals surface area (Å²) in [5.74, 6) is 0. The van der Waals surface area contributed by atoms with Crippen molar-refractivity contribution >= 4 is 0 Å². The van der Waals surface area contributed by atoms with E-state index in [1.807, 2.05) is 13.1 Å². The van der Waals surface area contributed by atoms with Gasteiger partial charge in [0.2, 0.25) is 0 Å². The summed E-state index contributed by atoms with van der Waals surface area (Å²) < 4.78 is 0. The molecule has 2 nitrogen and oxygen atoms in total. The van der Waals surface area contributed by atoms with Crippen LogP contribution in [0.15, 0.2) is 12.3 Å². The molecular weight excluding hydrogens is 136 g/mol. The van der Waals surface area contributed by atoms with Crippen LogP contribution in [0.4, 0.5) is 0 Å². The number of aromatic nitrogens is 1. The molecule has 60 valence electrons. The molecule has 0 radical (unpaired) electrons. The molecule has 1 heterocycles. The van der Waals surface area contributed by atoms with Gasteiger partial charge in [-0.1, -0.05) is 13.0 Å². The first-order valence-corrected chi connectivity index (χ1v) is 3.92. The highest BCUT2D eigenvalue weighted by molar-refractivity contribution is 5.24. The molecule has 2 N–H and O–H groups in total. The summed E-state index contributed by atoms with van der Waals surface area (Å²) in [6.45, 7) is 4.72. The van der Waals surface area contributed by atoms with Crippen LogP contribution >= 0.6 is 0 Å². The Bertz CT molecular complexity index is 243. The SMILES string of the molecule is CCc1ncc(C)cc1CN. The maximum Gasteiger partial charge on any atom is 0.0445 e. The molecule has 0 unspecified atom stereocenters. The third kappa shape index (κ3) is 1.77. The van der Waals surface area contributed by atoms with Crippen molar-refractivity contribution < 1.29 is 0 Å². The fraction of sp³-hybridized carbons (Fsp3) is 0.444. The van der Waals surface area contributed by atoms with Gasteiger partial charge in [-0.25, -0.2) is 0 Å². The third-order valence-electron chi connectivity index (χ3n) is 1.75. The number of rotatable bonds is 2. The largest absolute Gasteiger partial charge is 0.326 e. The fourth-order valence-corrected chi connectivity index (χ4v) is 1.15. The van der Waals surface area contributed by atoms with Crippen LogP contribution in [0.25, 0.3) is 0 Å². The molecule has 1 rings (SSSR count). The van der Waals surface area contributed by atoms with E-state index >= 15 is 0 Å². The van der Waals surface area contributed by atoms with Gasteiger partial charge in [0.05, 0.1) is 0 Å². The van der Waals surface area contributed by atoms with E-state index in [-0.39, 0.29) is 0 Å². The molecule has 1 aromatic heterocycles. The molecule has 0 aliphatic rings. The average Bonchev–Trinajstić information content (AvgIpc) is 2.04. The third-order valence-corrected chi connectivity index (χ3v) is 1.75. The maximum absolute atomic E-state index is 5.56. The molecule has 0 aliphatic heterocycles. The van der Waals surface area contributed by atoms with Gasteiger partial charge < -0.3 is 5.73 Å². The summed E-state index contributed by atoms with van der Waals surface area (Å²) in [6.07, 6.45) is 2.85. The smallest absolute Gasteiger partial charge is 0.0445 e. The van der Waals surface area contributed by atoms with Crippen LogP contribution in [0.1, 0.15) is 23.7 Å². The van der Waals surface area contributed by atoms with E-state index in [0.29, 0.717) is 6.54 Å². The Morgan fingerprint density at radius 2 is 2.27 bits per heavy atom. The zero-order valence-corrected chi connectivity index (χ0v) is 7.09. The lowest BCUT2D eigenvalue weighted by molar-refractivity contribution is 0.938. The van der Waals surface area contributed by atoms with E-state index in [0.717, 1.165) is 12.1 Å². The van der Waals surface area contributed by atoms with Crippen LogP contribution in [0, 0.1) is 6.92 Å². The molecule has 0 spiro atoms. The number of nitrogens with two attached hydrogens (primary N) is 1. The predicted molar refractivity (Wildman–Crippen MR) is 46.2 cm³/mol. The minimum Gasteiger partial charge on any atom is -0.326 e. The minimum atomic E-state index is 0.595. The lowest BCUT2D eigenvalue weighted by atomic mass is 10.1. The Morgan fingerprint density at radius 3 is 2.82 bits per heavy atom. The molecule has 1 aromatic rings. The second-order valence-corrected chi connectivity index (χ2v) is 2.68. The summed E-state index contributed by atoms with van der Waals surface area (Å²) in [6, 6.07) is 2.10. The molecule has 2 heteroatoms. The molecule has 11 heavy (non-hydrogen) atoms. The van der Waals surface area contributed by atoms with E-state index in [2.05, 4.69) is 18.0 Å². The van der Waals surface area contributed by atoms with Crippen molar-refractivity contribution in [2.24, 2.45) is 5.73 Å². The van der Waals surface area contributed by atoms with E-state index in [9.17, 15) is 0 Å². The average molecular weight is 150 g/mol. The summed E-state index contributed by atoms with van der Waals surface area (Å²) in [7, 11) is 0. The number of aryl methyl sites for hydroxylation is 2. The highest BCUT2D eigenvalue weighted by atomic mass is 14.7. The molecule has 0 saturated heterocycles. The van der Waals surface area contributed by atoms with Crippen LogP contribution in [0.5, 0.6) is 0 Å². The first-order chi connectivity index (χ1) is 5.27. The van der Waals surface area contributed by atoms with Gasteiger partial charge >= 0.3 is 0 Å². The highest BCUT2D eigenvalue weighted by Crippen LogP contribution is 2.07. The lowest BCUT2D eigenvalue weighted by Gasteiger charge is -2.04. The highest BCUT2D eigenvalue weighted by Gasteiger charge is 1.98. The Morgan fingerprint density at radius 1 is 1.55 bits per heavy atom. The zero-order valence-electron chi connectivity index (χ0n) is 7.09. The second-order valence-electron chi connectivity index (χ2n) is 2.68. The molecule has 0 bridgehead atoms. The van der Waals surface area contributed by atoms with Gasteiger partial charge in [-0.2, -0.15) is 0 Å². The van der Waals surface area contributed by atoms with Crippen molar-refractivity contribution in [2.45, 2.75) is 26.8 Å². The van der Waals surface area contributed by atoms with Crippen molar-refractivity contribution in [3.05, 3.63) is 29.1 Å². The topological polar surface area (TPSA) is 38.9 Å². The second kappa shape index (κ2) is 3.49. The van der Waals surface area contributed by atoms with Crippen LogP contribution in [-0.2, 0) is 13.0 Å². The number of pyridine rings is 1. The van der Waals surface area contributed by atoms with Crippen molar-refractivity contribution in [1.82, 2.24) is 4.98 Å². The van der Waals surface area contributed by atoms with Gasteiger partial charge in [0.1, 0.15) is 0 Å². The van der Waals surface area contributed by atoms with E-state index in [1.54, 1.807) is 0 Å². The first-order valence-electron chi connectivity index (χ1n) is 3.92. The summed E-state index contributed by atoms with van der Waals surface area (Å²) in [4.78, 5) is 4.29. The van der Waals surface area contributed by atoms with Crippen LogP contribution in [0.2, 0.25) is 0 Å². The van der Waals surface area contributed by atoms with E-state index < -0.39 is 0 Å². The van der Waals surface area contributed by atoms with Crippen molar-refractivity contribution in [3.8, 4) is 0 Å². The quantitative estimate of drug-likeness (QED) is 0.692.